The molecule has 3 aliphatic heterocycles. The van der Waals surface area contributed by atoms with Gasteiger partial charge in [-0.1, -0.05) is 18.2 Å². The average molecular weight is 329 g/mol. The van der Waals surface area contributed by atoms with Crippen LogP contribution in [-0.4, -0.2) is 58.2 Å². The van der Waals surface area contributed by atoms with Gasteiger partial charge in [-0.3, -0.25) is 9.69 Å². The van der Waals surface area contributed by atoms with Crippen molar-refractivity contribution in [2.45, 2.75) is 18.9 Å². The van der Waals surface area contributed by atoms with Gasteiger partial charge in [-0.05, 0) is 43.3 Å². The molecule has 23 heavy (non-hydrogen) atoms. The number of rotatable bonds is 1. The molecule has 1 aromatic carbocycles. The number of carbonyl (C=O) groups excluding carboxylic acids is 1. The number of hydrogen-bond donors (Lipinski definition) is 1. The fourth-order valence-corrected chi connectivity index (χ4v) is 4.39. The van der Waals surface area contributed by atoms with Crippen LogP contribution in [-0.2, 0) is 4.79 Å². The second kappa shape index (κ2) is 6.02. The Balaban J connectivity index is 1.49. The van der Waals surface area contributed by atoms with Gasteiger partial charge in [0.25, 0.3) is 5.91 Å². The van der Waals surface area contributed by atoms with E-state index in [0.717, 1.165) is 24.8 Å². The van der Waals surface area contributed by atoms with Crippen LogP contribution in [0.1, 0.15) is 18.4 Å². The van der Waals surface area contributed by atoms with Crippen molar-refractivity contribution in [3.05, 3.63) is 34.7 Å². The first-order chi connectivity index (χ1) is 11.2. The zero-order chi connectivity index (χ0) is 15.8. The van der Waals surface area contributed by atoms with Crippen LogP contribution in [0.3, 0.4) is 0 Å². The number of phenols is 1. The van der Waals surface area contributed by atoms with Crippen LogP contribution in [0.5, 0.6) is 5.75 Å². The van der Waals surface area contributed by atoms with E-state index in [-0.39, 0.29) is 11.7 Å². The van der Waals surface area contributed by atoms with E-state index >= 15 is 0 Å². The number of amides is 1. The molecule has 6 heteroatoms. The number of carbonyl (C=O) groups is 1. The molecule has 2 fully saturated rings. The van der Waals surface area contributed by atoms with E-state index in [1.807, 2.05) is 6.07 Å². The van der Waals surface area contributed by atoms with Crippen LogP contribution in [0.2, 0.25) is 0 Å². The minimum Gasteiger partial charge on any atom is -0.507 e. The molecule has 4 rings (SSSR count). The van der Waals surface area contributed by atoms with Crippen molar-refractivity contribution in [2.75, 3.05) is 26.2 Å². The highest BCUT2D eigenvalue weighted by atomic mass is 32.2. The Morgan fingerprint density at radius 3 is 3.00 bits per heavy atom. The molecular weight excluding hydrogens is 310 g/mol. The number of phenolic OH excluding ortho intramolecular Hbond substituents is 1. The van der Waals surface area contributed by atoms with Crippen molar-refractivity contribution in [3.8, 4) is 5.75 Å². The highest BCUT2D eigenvalue weighted by Gasteiger charge is 2.34. The van der Waals surface area contributed by atoms with Gasteiger partial charge in [0.2, 0.25) is 0 Å². The summed E-state index contributed by atoms with van der Waals surface area (Å²) in [6.07, 6.45) is 4.24. The van der Waals surface area contributed by atoms with Gasteiger partial charge in [-0.25, -0.2) is 0 Å². The maximum Gasteiger partial charge on any atom is 0.286 e. The summed E-state index contributed by atoms with van der Waals surface area (Å²) in [6, 6.07) is 7.64. The lowest BCUT2D eigenvalue weighted by atomic mass is 10.2. The Hall–Kier alpha value is -1.79. The van der Waals surface area contributed by atoms with E-state index in [2.05, 4.69) is 14.8 Å². The van der Waals surface area contributed by atoms with Crippen LogP contribution in [0.4, 0.5) is 0 Å². The number of benzene rings is 1. The molecule has 5 nitrogen and oxygen atoms in total. The van der Waals surface area contributed by atoms with Gasteiger partial charge in [0.15, 0.2) is 5.17 Å². The van der Waals surface area contributed by atoms with E-state index in [9.17, 15) is 9.90 Å². The third-order valence-corrected chi connectivity index (χ3v) is 5.73. The summed E-state index contributed by atoms with van der Waals surface area (Å²) in [5, 5.41) is 10.7. The topological polar surface area (TPSA) is 56.1 Å². The Kier molecular flexibility index (Phi) is 3.87. The monoisotopic (exact) mass is 329 g/mol. The maximum absolute atomic E-state index is 12.2. The second-order valence-electron chi connectivity index (χ2n) is 6.15. The zero-order valence-electron chi connectivity index (χ0n) is 12.8. The Labute approximate surface area is 139 Å². The van der Waals surface area contributed by atoms with E-state index in [0.29, 0.717) is 16.5 Å². The van der Waals surface area contributed by atoms with Crippen molar-refractivity contribution in [2.24, 2.45) is 4.99 Å². The van der Waals surface area contributed by atoms with Gasteiger partial charge in [0, 0.05) is 31.2 Å². The van der Waals surface area contributed by atoms with Crippen LogP contribution in [0, 0.1) is 0 Å². The molecule has 0 radical (unpaired) electrons. The highest BCUT2D eigenvalue weighted by molar-refractivity contribution is 8.18. The third-order valence-electron chi connectivity index (χ3n) is 4.69. The molecule has 0 aliphatic carbocycles. The summed E-state index contributed by atoms with van der Waals surface area (Å²) >= 11 is 1.42. The molecule has 1 N–H and O–H groups in total. The standard InChI is InChI=1S/C17H19N3O2S/c21-14-6-2-1-4-12(14)10-15-16(22)18-17(23-15)20-9-8-19-7-3-5-13(19)11-20/h1-2,4,6,10,13,21H,3,5,7-9,11H2/b15-10-. The molecular formula is C17H19N3O2S. The zero-order valence-corrected chi connectivity index (χ0v) is 13.6. The fraction of sp³-hybridized carbons (Fsp3) is 0.412. The number of aromatic hydroxyl groups is 1. The molecule has 2 saturated heterocycles. The summed E-state index contributed by atoms with van der Waals surface area (Å²) in [5.41, 5.74) is 0.653. The Morgan fingerprint density at radius 1 is 1.26 bits per heavy atom. The minimum atomic E-state index is -0.206. The second-order valence-corrected chi connectivity index (χ2v) is 7.16. The Morgan fingerprint density at radius 2 is 2.13 bits per heavy atom. The first-order valence-electron chi connectivity index (χ1n) is 8.00. The molecule has 0 aromatic heterocycles. The summed E-state index contributed by atoms with van der Waals surface area (Å²) in [6.45, 7) is 4.15. The van der Waals surface area contributed by atoms with Crippen LogP contribution in [0.25, 0.3) is 6.08 Å². The smallest absolute Gasteiger partial charge is 0.286 e. The normalized spacial score (nSPS) is 26.7. The number of aliphatic imine (C=N–C) groups is 1. The molecule has 3 aliphatic rings. The molecule has 1 aromatic rings. The van der Waals surface area contributed by atoms with Crippen molar-refractivity contribution in [1.29, 1.82) is 0 Å². The van der Waals surface area contributed by atoms with Gasteiger partial charge in [-0.15, -0.1) is 0 Å². The van der Waals surface area contributed by atoms with Gasteiger partial charge in [-0.2, -0.15) is 4.99 Å². The average Bonchev–Trinajstić information content (AvgIpc) is 3.16. The number of para-hydroxylation sites is 1. The summed E-state index contributed by atoms with van der Waals surface area (Å²) in [4.78, 5) is 21.8. The molecule has 3 heterocycles. The maximum atomic E-state index is 12.2. The number of piperazine rings is 1. The lowest BCUT2D eigenvalue weighted by Crippen LogP contribution is -2.51. The van der Waals surface area contributed by atoms with Gasteiger partial charge in [0.05, 0.1) is 4.91 Å². The lowest BCUT2D eigenvalue weighted by Gasteiger charge is -2.38. The highest BCUT2D eigenvalue weighted by Crippen LogP contribution is 2.33. The molecule has 1 amide bonds. The summed E-state index contributed by atoms with van der Waals surface area (Å²) in [5.74, 6) is -0.0245. The van der Waals surface area contributed by atoms with Crippen LogP contribution < -0.4 is 0 Å². The molecule has 1 atom stereocenters. The quantitative estimate of drug-likeness (QED) is 0.800. The van der Waals surface area contributed by atoms with Gasteiger partial charge >= 0.3 is 0 Å². The van der Waals surface area contributed by atoms with Crippen molar-refractivity contribution in [3.63, 3.8) is 0 Å². The molecule has 0 saturated carbocycles. The third kappa shape index (κ3) is 2.88. The van der Waals surface area contributed by atoms with Crippen LogP contribution in [0.15, 0.2) is 34.2 Å². The predicted molar refractivity (Wildman–Crippen MR) is 92.3 cm³/mol. The van der Waals surface area contributed by atoms with Crippen molar-refractivity contribution in [1.82, 2.24) is 9.80 Å². The van der Waals surface area contributed by atoms with Gasteiger partial charge < -0.3 is 10.0 Å². The largest absolute Gasteiger partial charge is 0.507 e. The molecule has 1 unspecified atom stereocenters. The molecule has 0 spiro atoms. The van der Waals surface area contributed by atoms with Gasteiger partial charge in [0.1, 0.15) is 5.75 Å². The molecule has 120 valence electrons. The first-order valence-corrected chi connectivity index (χ1v) is 8.82. The fourth-order valence-electron chi connectivity index (χ4n) is 3.45. The number of thioether (sulfide) groups is 1. The van der Waals surface area contributed by atoms with Crippen molar-refractivity contribution < 1.29 is 9.90 Å². The summed E-state index contributed by atoms with van der Waals surface area (Å²) < 4.78 is 0. The molecule has 0 bridgehead atoms. The first kappa shape index (κ1) is 14.8. The predicted octanol–water partition coefficient (Wildman–Crippen LogP) is 2.14. The van der Waals surface area contributed by atoms with E-state index in [1.54, 1.807) is 24.3 Å². The van der Waals surface area contributed by atoms with E-state index < -0.39 is 0 Å². The van der Waals surface area contributed by atoms with E-state index in [1.165, 1.54) is 31.1 Å². The minimum absolute atomic E-state index is 0.182. The number of nitrogens with zero attached hydrogens (tertiary/aromatic N) is 3. The number of hydrogen-bond acceptors (Lipinski definition) is 5. The summed E-state index contributed by atoms with van der Waals surface area (Å²) in [7, 11) is 0. The van der Waals surface area contributed by atoms with Crippen molar-refractivity contribution >= 4 is 28.9 Å². The van der Waals surface area contributed by atoms with E-state index in [4.69, 9.17) is 0 Å². The van der Waals surface area contributed by atoms with Crippen LogP contribution >= 0.6 is 11.8 Å². The Bertz CT molecular complexity index is 701. The number of amidine groups is 1. The number of fused-ring (bicyclic) bond motifs is 1. The lowest BCUT2D eigenvalue weighted by molar-refractivity contribution is -0.113. The SMILES string of the molecule is O=C1N=C(N2CCN3CCCC3C2)S/C1=C\c1ccccc1O.